The second-order valence-electron chi connectivity index (χ2n) is 3.62. The molecule has 0 aliphatic rings. The zero-order valence-electron chi connectivity index (χ0n) is 9.23. The molecule has 7 nitrogen and oxygen atoms in total. The van der Waals surface area contributed by atoms with Gasteiger partial charge in [-0.25, -0.2) is 8.42 Å². The number of nitrogens with zero attached hydrogens (tertiary/aromatic N) is 2. The van der Waals surface area contributed by atoms with Gasteiger partial charge in [0.05, 0.1) is 21.6 Å². The molecule has 0 fully saturated rings. The monoisotopic (exact) mass is 268 g/mol. The van der Waals surface area contributed by atoms with Gasteiger partial charge in [0.25, 0.3) is 5.69 Å². The van der Waals surface area contributed by atoms with Crippen LogP contribution in [0, 0.1) is 10.1 Å². The molecule has 0 aliphatic heterocycles. The Labute approximate surface area is 102 Å². The van der Waals surface area contributed by atoms with Crippen molar-refractivity contribution in [3.8, 4) is 11.1 Å². The third-order valence-corrected chi connectivity index (χ3v) is 3.45. The number of sulfone groups is 1. The minimum Gasteiger partial charge on any atom is -0.364 e. The first-order chi connectivity index (χ1) is 8.39. The van der Waals surface area contributed by atoms with Crippen LogP contribution in [0.1, 0.15) is 0 Å². The molecule has 1 heterocycles. The van der Waals surface area contributed by atoms with Gasteiger partial charge in [0.15, 0.2) is 9.84 Å². The number of benzene rings is 1. The third kappa shape index (κ3) is 2.23. The molecule has 8 heteroatoms. The summed E-state index contributed by atoms with van der Waals surface area (Å²) in [6.45, 7) is 0. The number of rotatable bonds is 3. The average Bonchev–Trinajstić information content (AvgIpc) is 2.80. The van der Waals surface area contributed by atoms with Gasteiger partial charge in [-0.05, 0) is 12.1 Å². The van der Waals surface area contributed by atoms with Crippen molar-refractivity contribution in [2.24, 2.45) is 0 Å². The molecular formula is C10H8N2O5S. The van der Waals surface area contributed by atoms with Crippen LogP contribution in [0.4, 0.5) is 5.69 Å². The first-order valence-electron chi connectivity index (χ1n) is 4.78. The number of nitro groups is 1. The highest BCUT2D eigenvalue weighted by atomic mass is 32.2. The number of hydrogen-bond acceptors (Lipinski definition) is 6. The van der Waals surface area contributed by atoms with Crippen LogP contribution in [0.15, 0.2) is 40.1 Å². The van der Waals surface area contributed by atoms with Gasteiger partial charge in [-0.2, -0.15) is 0 Å². The average molecular weight is 268 g/mol. The number of hydrogen-bond donors (Lipinski definition) is 0. The van der Waals surface area contributed by atoms with Crippen molar-refractivity contribution < 1.29 is 17.9 Å². The van der Waals surface area contributed by atoms with Crippen molar-refractivity contribution in [1.29, 1.82) is 0 Å². The highest BCUT2D eigenvalue weighted by Gasteiger charge is 2.20. The fraction of sp³-hybridized carbons (Fsp3) is 0.100. The van der Waals surface area contributed by atoms with E-state index in [-0.39, 0.29) is 16.1 Å². The molecule has 0 unspecified atom stereocenters. The second kappa shape index (κ2) is 4.22. The van der Waals surface area contributed by atoms with E-state index in [1.807, 2.05) is 0 Å². The molecule has 0 saturated heterocycles. The summed E-state index contributed by atoms with van der Waals surface area (Å²) in [5, 5.41) is 14.4. The first kappa shape index (κ1) is 12.2. The van der Waals surface area contributed by atoms with Crippen LogP contribution in [0.3, 0.4) is 0 Å². The van der Waals surface area contributed by atoms with Crippen molar-refractivity contribution in [2.75, 3.05) is 6.26 Å². The quantitative estimate of drug-likeness (QED) is 0.619. The van der Waals surface area contributed by atoms with Crippen LogP contribution in [0.5, 0.6) is 0 Å². The molecule has 0 aliphatic carbocycles. The van der Waals surface area contributed by atoms with Gasteiger partial charge in [0, 0.05) is 17.9 Å². The maximum Gasteiger partial charge on any atom is 0.278 e. The normalized spacial score (nSPS) is 11.4. The van der Waals surface area contributed by atoms with Gasteiger partial charge in [0.1, 0.15) is 6.26 Å². The molecule has 0 atom stereocenters. The summed E-state index contributed by atoms with van der Waals surface area (Å²) in [6.07, 6.45) is 3.57. The molecular weight excluding hydrogens is 260 g/mol. The van der Waals surface area contributed by atoms with Crippen molar-refractivity contribution in [3.05, 3.63) is 40.8 Å². The summed E-state index contributed by atoms with van der Waals surface area (Å²) in [5.41, 5.74) is 0.372. The molecule has 0 N–H and O–H groups in total. The molecule has 0 saturated carbocycles. The maximum absolute atomic E-state index is 11.4. The first-order valence-corrected chi connectivity index (χ1v) is 6.67. The Bertz CT molecular complexity index is 691. The second-order valence-corrected chi connectivity index (χ2v) is 5.64. The Morgan fingerprint density at radius 2 is 2.11 bits per heavy atom. The van der Waals surface area contributed by atoms with E-state index in [2.05, 4.69) is 9.68 Å². The SMILES string of the molecule is CS(=O)(=O)c1ccc(-c2cnoc2)c([N+](=O)[O-])c1. The molecule has 0 spiro atoms. The van der Waals surface area contributed by atoms with Gasteiger partial charge in [-0.3, -0.25) is 10.1 Å². The van der Waals surface area contributed by atoms with E-state index < -0.39 is 14.8 Å². The molecule has 1 aromatic heterocycles. The van der Waals surface area contributed by atoms with Gasteiger partial charge >= 0.3 is 0 Å². The standard InChI is InChI=1S/C10H8N2O5S/c1-18(15,16)8-2-3-9(7-5-11-17-6-7)10(4-8)12(13)14/h2-6H,1H3. The van der Waals surface area contributed by atoms with E-state index in [4.69, 9.17) is 0 Å². The fourth-order valence-electron chi connectivity index (χ4n) is 1.48. The summed E-state index contributed by atoms with van der Waals surface area (Å²) in [5.74, 6) is 0. The van der Waals surface area contributed by atoms with E-state index in [9.17, 15) is 18.5 Å². The van der Waals surface area contributed by atoms with Crippen LogP contribution in [-0.2, 0) is 9.84 Å². The predicted molar refractivity (Wildman–Crippen MR) is 61.7 cm³/mol. The molecule has 18 heavy (non-hydrogen) atoms. The lowest BCUT2D eigenvalue weighted by atomic mass is 10.1. The van der Waals surface area contributed by atoms with Crippen molar-refractivity contribution >= 4 is 15.5 Å². The summed E-state index contributed by atoms with van der Waals surface area (Å²) in [7, 11) is -3.49. The highest BCUT2D eigenvalue weighted by molar-refractivity contribution is 7.90. The van der Waals surface area contributed by atoms with Gasteiger partial charge in [0.2, 0.25) is 0 Å². The summed E-state index contributed by atoms with van der Waals surface area (Å²) >= 11 is 0. The lowest BCUT2D eigenvalue weighted by molar-refractivity contribution is -0.384. The van der Waals surface area contributed by atoms with E-state index in [0.717, 1.165) is 12.3 Å². The van der Waals surface area contributed by atoms with Crippen LogP contribution >= 0.6 is 0 Å². The molecule has 2 rings (SSSR count). The van der Waals surface area contributed by atoms with E-state index in [1.54, 1.807) is 0 Å². The van der Waals surface area contributed by atoms with Crippen molar-refractivity contribution in [1.82, 2.24) is 5.16 Å². The predicted octanol–water partition coefficient (Wildman–Crippen LogP) is 1.65. The zero-order chi connectivity index (χ0) is 13.3. The van der Waals surface area contributed by atoms with Crippen molar-refractivity contribution in [3.63, 3.8) is 0 Å². The maximum atomic E-state index is 11.4. The Balaban J connectivity index is 2.67. The lowest BCUT2D eigenvalue weighted by Crippen LogP contribution is -1.99. The molecule has 0 amide bonds. The largest absolute Gasteiger partial charge is 0.364 e. The summed E-state index contributed by atoms with van der Waals surface area (Å²) < 4.78 is 27.3. The van der Waals surface area contributed by atoms with E-state index in [0.29, 0.717) is 5.56 Å². The van der Waals surface area contributed by atoms with E-state index in [1.165, 1.54) is 24.6 Å². The van der Waals surface area contributed by atoms with Gasteiger partial charge in [-0.1, -0.05) is 5.16 Å². The minimum atomic E-state index is -3.49. The summed E-state index contributed by atoms with van der Waals surface area (Å²) in [6, 6.07) is 3.70. The third-order valence-electron chi connectivity index (χ3n) is 2.34. The van der Waals surface area contributed by atoms with E-state index >= 15 is 0 Å². The smallest absolute Gasteiger partial charge is 0.278 e. The Kier molecular flexibility index (Phi) is 2.87. The lowest BCUT2D eigenvalue weighted by Gasteiger charge is -2.02. The van der Waals surface area contributed by atoms with Crippen LogP contribution in [0.25, 0.3) is 11.1 Å². The van der Waals surface area contributed by atoms with Crippen molar-refractivity contribution in [2.45, 2.75) is 4.90 Å². The van der Waals surface area contributed by atoms with Crippen LogP contribution < -0.4 is 0 Å². The van der Waals surface area contributed by atoms with Gasteiger partial charge in [-0.15, -0.1) is 0 Å². The topological polar surface area (TPSA) is 103 Å². The molecule has 1 aromatic carbocycles. The zero-order valence-corrected chi connectivity index (χ0v) is 10.0. The Morgan fingerprint density at radius 3 is 2.61 bits per heavy atom. The fourth-order valence-corrected chi connectivity index (χ4v) is 2.12. The highest BCUT2D eigenvalue weighted by Crippen LogP contribution is 2.31. The minimum absolute atomic E-state index is 0.102. The molecule has 2 aromatic rings. The molecule has 94 valence electrons. The summed E-state index contributed by atoms with van der Waals surface area (Å²) in [4.78, 5) is 10.2. The van der Waals surface area contributed by atoms with Crippen LogP contribution in [-0.4, -0.2) is 24.8 Å². The Morgan fingerprint density at radius 1 is 1.39 bits per heavy atom. The molecule has 0 radical (unpaired) electrons. The number of nitro benzene ring substituents is 1. The Hall–Kier alpha value is -2.22. The van der Waals surface area contributed by atoms with Gasteiger partial charge < -0.3 is 4.52 Å². The van der Waals surface area contributed by atoms with Crippen LogP contribution in [0.2, 0.25) is 0 Å². The number of aromatic nitrogens is 1. The molecule has 0 bridgehead atoms.